The lowest BCUT2D eigenvalue weighted by Crippen LogP contribution is -2.24. The van der Waals surface area contributed by atoms with Gasteiger partial charge < -0.3 is 10.5 Å². The number of rotatable bonds is 1. The van der Waals surface area contributed by atoms with Gasteiger partial charge in [-0.25, -0.2) is 4.39 Å². The molecule has 0 saturated heterocycles. The Balaban J connectivity index is 1.96. The molecule has 3 rings (SSSR count). The topological polar surface area (TPSA) is 48.1 Å². The number of pyridine rings is 1. The highest BCUT2D eigenvalue weighted by atomic mass is 79.9. The zero-order chi connectivity index (χ0) is 13.4. The van der Waals surface area contributed by atoms with Crippen LogP contribution in [0.1, 0.15) is 29.7 Å². The first-order valence-electron chi connectivity index (χ1n) is 5.95. The van der Waals surface area contributed by atoms with Crippen LogP contribution < -0.4 is 10.5 Å². The Morgan fingerprint density at radius 2 is 2.16 bits per heavy atom. The summed E-state index contributed by atoms with van der Waals surface area (Å²) >= 11 is 3.38. The molecule has 19 heavy (non-hydrogen) atoms. The summed E-state index contributed by atoms with van der Waals surface area (Å²) in [6.45, 7) is 0. The van der Waals surface area contributed by atoms with Crippen molar-refractivity contribution in [3.63, 3.8) is 0 Å². The summed E-state index contributed by atoms with van der Waals surface area (Å²) in [6.07, 6.45) is 3.90. The molecule has 2 unspecified atom stereocenters. The highest BCUT2D eigenvalue weighted by Gasteiger charge is 2.27. The summed E-state index contributed by atoms with van der Waals surface area (Å²) in [5.41, 5.74) is 7.91. The van der Waals surface area contributed by atoms with Crippen molar-refractivity contribution in [3.05, 3.63) is 58.1 Å². The fraction of sp³-hybridized carbons (Fsp3) is 0.214. The van der Waals surface area contributed by atoms with Gasteiger partial charge in [-0.05, 0) is 28.1 Å². The van der Waals surface area contributed by atoms with Crippen molar-refractivity contribution >= 4 is 15.9 Å². The number of hydrogen-bond acceptors (Lipinski definition) is 3. The van der Waals surface area contributed by atoms with Gasteiger partial charge in [0.25, 0.3) is 0 Å². The number of aromatic nitrogens is 1. The lowest BCUT2D eigenvalue weighted by atomic mass is 9.94. The molecular weight excluding hydrogens is 311 g/mol. The molecule has 0 spiro atoms. The van der Waals surface area contributed by atoms with Gasteiger partial charge in [0, 0.05) is 46.5 Å². The Labute approximate surface area is 118 Å². The van der Waals surface area contributed by atoms with Crippen LogP contribution in [0.25, 0.3) is 0 Å². The molecule has 0 saturated carbocycles. The highest BCUT2D eigenvalue weighted by molar-refractivity contribution is 9.10. The largest absolute Gasteiger partial charge is 0.485 e. The van der Waals surface area contributed by atoms with E-state index in [1.54, 1.807) is 18.5 Å². The minimum absolute atomic E-state index is 0.159. The normalized spacial score (nSPS) is 21.6. The molecule has 1 aliphatic heterocycles. The van der Waals surface area contributed by atoms with Crippen molar-refractivity contribution in [3.8, 4) is 5.75 Å². The van der Waals surface area contributed by atoms with Gasteiger partial charge in [0.1, 0.15) is 17.7 Å². The quantitative estimate of drug-likeness (QED) is 0.874. The summed E-state index contributed by atoms with van der Waals surface area (Å²) < 4.78 is 20.0. The van der Waals surface area contributed by atoms with Gasteiger partial charge in [-0.15, -0.1) is 0 Å². The predicted octanol–water partition coefficient (Wildman–Crippen LogP) is 3.51. The number of hydrogen-bond donors (Lipinski definition) is 1. The lowest BCUT2D eigenvalue weighted by Gasteiger charge is -2.30. The minimum Gasteiger partial charge on any atom is -0.485 e. The maximum absolute atomic E-state index is 13.3. The fourth-order valence-corrected chi connectivity index (χ4v) is 2.67. The second-order valence-corrected chi connectivity index (χ2v) is 5.48. The third-order valence-electron chi connectivity index (χ3n) is 3.21. The molecule has 2 heterocycles. The standard InChI is InChI=1S/C14H12BrFN2O/c15-9-3-8(6-18-7-9)13-5-12(17)11-2-1-10(16)4-14(11)19-13/h1-4,6-7,12-13H,5,17H2. The Morgan fingerprint density at radius 3 is 2.95 bits per heavy atom. The molecule has 0 radical (unpaired) electrons. The third-order valence-corrected chi connectivity index (χ3v) is 3.64. The summed E-state index contributed by atoms with van der Waals surface area (Å²) in [4.78, 5) is 4.12. The number of benzene rings is 1. The van der Waals surface area contributed by atoms with E-state index in [1.807, 2.05) is 6.07 Å². The van der Waals surface area contributed by atoms with E-state index in [-0.39, 0.29) is 18.0 Å². The van der Waals surface area contributed by atoms with E-state index in [4.69, 9.17) is 10.5 Å². The van der Waals surface area contributed by atoms with Crippen LogP contribution in [-0.2, 0) is 0 Å². The molecule has 1 aliphatic rings. The van der Waals surface area contributed by atoms with Gasteiger partial charge >= 0.3 is 0 Å². The summed E-state index contributed by atoms with van der Waals surface area (Å²) in [7, 11) is 0. The monoisotopic (exact) mass is 322 g/mol. The Bertz CT molecular complexity index is 620. The molecule has 2 N–H and O–H groups in total. The average Bonchev–Trinajstić information content (AvgIpc) is 2.38. The van der Waals surface area contributed by atoms with Gasteiger partial charge in [-0.3, -0.25) is 4.98 Å². The molecule has 0 bridgehead atoms. The molecule has 0 fully saturated rings. The Morgan fingerprint density at radius 1 is 1.32 bits per heavy atom. The van der Waals surface area contributed by atoms with Crippen LogP contribution in [0.15, 0.2) is 41.1 Å². The highest BCUT2D eigenvalue weighted by Crippen LogP contribution is 2.40. The number of ether oxygens (including phenoxy) is 1. The zero-order valence-corrected chi connectivity index (χ0v) is 11.6. The first-order valence-corrected chi connectivity index (χ1v) is 6.75. The Kier molecular flexibility index (Phi) is 3.24. The number of halogens is 2. The van der Waals surface area contributed by atoms with Crippen LogP contribution >= 0.6 is 15.9 Å². The van der Waals surface area contributed by atoms with E-state index in [2.05, 4.69) is 20.9 Å². The SMILES string of the molecule is NC1CC(c2cncc(Br)c2)Oc2cc(F)ccc21. The van der Waals surface area contributed by atoms with Gasteiger partial charge in [0.15, 0.2) is 0 Å². The zero-order valence-electron chi connectivity index (χ0n) is 10.0. The Hall–Kier alpha value is -1.46. The summed E-state index contributed by atoms with van der Waals surface area (Å²) in [5.74, 6) is 0.197. The van der Waals surface area contributed by atoms with E-state index in [0.29, 0.717) is 12.2 Å². The van der Waals surface area contributed by atoms with E-state index in [9.17, 15) is 4.39 Å². The first-order chi connectivity index (χ1) is 9.13. The molecule has 2 atom stereocenters. The summed E-state index contributed by atoms with van der Waals surface area (Å²) in [6, 6.07) is 6.25. The van der Waals surface area contributed by atoms with Gasteiger partial charge in [-0.2, -0.15) is 0 Å². The van der Waals surface area contributed by atoms with E-state index >= 15 is 0 Å². The maximum atomic E-state index is 13.3. The van der Waals surface area contributed by atoms with Crippen LogP contribution in [0.5, 0.6) is 5.75 Å². The van der Waals surface area contributed by atoms with E-state index < -0.39 is 0 Å². The number of nitrogens with zero attached hydrogens (tertiary/aromatic N) is 1. The van der Waals surface area contributed by atoms with Gasteiger partial charge in [0.2, 0.25) is 0 Å². The first kappa shape index (κ1) is 12.6. The molecule has 0 aliphatic carbocycles. The van der Waals surface area contributed by atoms with E-state index in [1.165, 1.54) is 12.1 Å². The summed E-state index contributed by atoms with van der Waals surface area (Å²) in [5, 5.41) is 0. The maximum Gasteiger partial charge on any atom is 0.127 e. The minimum atomic E-state index is -0.320. The van der Waals surface area contributed by atoms with Crippen LogP contribution in [0.4, 0.5) is 4.39 Å². The van der Waals surface area contributed by atoms with Crippen molar-refractivity contribution in [2.24, 2.45) is 5.73 Å². The van der Waals surface area contributed by atoms with Crippen LogP contribution in [-0.4, -0.2) is 4.98 Å². The molecule has 98 valence electrons. The van der Waals surface area contributed by atoms with Crippen LogP contribution in [0.2, 0.25) is 0 Å². The van der Waals surface area contributed by atoms with Gasteiger partial charge in [0.05, 0.1) is 0 Å². The smallest absolute Gasteiger partial charge is 0.127 e. The third kappa shape index (κ3) is 2.48. The molecule has 3 nitrogen and oxygen atoms in total. The molecule has 5 heteroatoms. The van der Waals surface area contributed by atoms with Crippen molar-refractivity contribution in [2.45, 2.75) is 18.6 Å². The predicted molar refractivity (Wildman–Crippen MR) is 73.3 cm³/mol. The second kappa shape index (κ2) is 4.90. The van der Waals surface area contributed by atoms with Gasteiger partial charge in [-0.1, -0.05) is 6.07 Å². The van der Waals surface area contributed by atoms with Crippen molar-refractivity contribution in [1.29, 1.82) is 0 Å². The van der Waals surface area contributed by atoms with Crippen molar-refractivity contribution in [2.75, 3.05) is 0 Å². The van der Waals surface area contributed by atoms with Crippen molar-refractivity contribution < 1.29 is 9.13 Å². The van der Waals surface area contributed by atoms with Crippen molar-refractivity contribution in [1.82, 2.24) is 4.98 Å². The van der Waals surface area contributed by atoms with Crippen LogP contribution in [0, 0.1) is 5.82 Å². The molecule has 0 amide bonds. The lowest BCUT2D eigenvalue weighted by molar-refractivity contribution is 0.160. The second-order valence-electron chi connectivity index (χ2n) is 4.57. The average molecular weight is 323 g/mol. The molecule has 2 aromatic rings. The fourth-order valence-electron chi connectivity index (χ4n) is 2.28. The number of fused-ring (bicyclic) bond motifs is 1. The molecule has 1 aromatic carbocycles. The molecular formula is C14H12BrFN2O. The van der Waals surface area contributed by atoms with Crippen LogP contribution in [0.3, 0.4) is 0 Å². The number of nitrogens with two attached hydrogens (primary N) is 1. The van der Waals surface area contributed by atoms with E-state index in [0.717, 1.165) is 15.6 Å². The molecule has 1 aromatic heterocycles.